The van der Waals surface area contributed by atoms with Gasteiger partial charge in [0.1, 0.15) is 5.82 Å². The molecular formula is C14H21BrN2. The van der Waals surface area contributed by atoms with Crippen LogP contribution in [0.2, 0.25) is 0 Å². The number of halogens is 1. The highest BCUT2D eigenvalue weighted by molar-refractivity contribution is 9.10. The molecule has 2 atom stereocenters. The lowest BCUT2D eigenvalue weighted by molar-refractivity contribution is 0.320. The van der Waals surface area contributed by atoms with Crippen LogP contribution >= 0.6 is 15.9 Å². The Balaban J connectivity index is 2.20. The minimum atomic E-state index is 0.649. The number of rotatable bonds is 2. The number of hydrogen-bond donors (Lipinski definition) is 0. The molecule has 0 aliphatic heterocycles. The van der Waals surface area contributed by atoms with Gasteiger partial charge < -0.3 is 4.90 Å². The van der Waals surface area contributed by atoms with Crippen LogP contribution in [0, 0.1) is 12.8 Å². The Labute approximate surface area is 113 Å². The first-order valence-electron chi connectivity index (χ1n) is 6.44. The van der Waals surface area contributed by atoms with Crippen molar-refractivity contribution in [1.29, 1.82) is 0 Å². The highest BCUT2D eigenvalue weighted by Crippen LogP contribution is 2.31. The maximum Gasteiger partial charge on any atom is 0.131 e. The minimum absolute atomic E-state index is 0.649. The van der Waals surface area contributed by atoms with E-state index in [2.05, 4.69) is 52.8 Å². The molecule has 0 radical (unpaired) electrons. The van der Waals surface area contributed by atoms with Crippen LogP contribution in [0.3, 0.4) is 0 Å². The van der Waals surface area contributed by atoms with E-state index >= 15 is 0 Å². The van der Waals surface area contributed by atoms with E-state index < -0.39 is 0 Å². The zero-order valence-electron chi connectivity index (χ0n) is 10.9. The molecule has 1 fully saturated rings. The van der Waals surface area contributed by atoms with E-state index in [1.807, 2.05) is 6.20 Å². The van der Waals surface area contributed by atoms with Gasteiger partial charge in [0, 0.05) is 23.8 Å². The van der Waals surface area contributed by atoms with Gasteiger partial charge in [-0.15, -0.1) is 0 Å². The molecule has 1 aromatic heterocycles. The largest absolute Gasteiger partial charge is 0.356 e. The molecule has 17 heavy (non-hydrogen) atoms. The summed E-state index contributed by atoms with van der Waals surface area (Å²) in [6.07, 6.45) is 7.29. The van der Waals surface area contributed by atoms with E-state index in [4.69, 9.17) is 0 Å². The fraction of sp³-hybridized carbons (Fsp3) is 0.643. The van der Waals surface area contributed by atoms with Crippen molar-refractivity contribution >= 4 is 21.7 Å². The molecule has 1 aromatic rings. The van der Waals surface area contributed by atoms with Gasteiger partial charge in [0.05, 0.1) is 0 Å². The van der Waals surface area contributed by atoms with Crippen molar-refractivity contribution in [3.63, 3.8) is 0 Å². The number of hydrogen-bond acceptors (Lipinski definition) is 2. The third-order valence-corrected chi connectivity index (χ3v) is 4.35. The molecule has 3 heteroatoms. The molecule has 0 bridgehead atoms. The average Bonchev–Trinajstić information content (AvgIpc) is 2.29. The average molecular weight is 297 g/mol. The van der Waals surface area contributed by atoms with Crippen LogP contribution < -0.4 is 4.90 Å². The summed E-state index contributed by atoms with van der Waals surface area (Å²) in [5.41, 5.74) is 1.25. The monoisotopic (exact) mass is 296 g/mol. The molecular weight excluding hydrogens is 276 g/mol. The van der Waals surface area contributed by atoms with Gasteiger partial charge in [-0.1, -0.05) is 19.8 Å². The molecule has 94 valence electrons. The second kappa shape index (κ2) is 5.38. The Bertz CT molecular complexity index is 392. The predicted molar refractivity (Wildman–Crippen MR) is 76.5 cm³/mol. The smallest absolute Gasteiger partial charge is 0.131 e. The molecule has 1 saturated carbocycles. The topological polar surface area (TPSA) is 16.1 Å². The van der Waals surface area contributed by atoms with Crippen molar-refractivity contribution in [2.75, 3.05) is 11.9 Å². The Morgan fingerprint density at radius 2 is 2.06 bits per heavy atom. The highest BCUT2D eigenvalue weighted by atomic mass is 79.9. The summed E-state index contributed by atoms with van der Waals surface area (Å²) in [5.74, 6) is 1.91. The number of anilines is 1. The Hall–Kier alpha value is -0.570. The van der Waals surface area contributed by atoms with E-state index in [9.17, 15) is 0 Å². The van der Waals surface area contributed by atoms with E-state index in [0.29, 0.717) is 6.04 Å². The lowest BCUT2D eigenvalue weighted by Gasteiger charge is -2.37. The molecule has 0 N–H and O–H groups in total. The first kappa shape index (κ1) is 12.9. The zero-order valence-corrected chi connectivity index (χ0v) is 12.5. The van der Waals surface area contributed by atoms with Crippen LogP contribution in [-0.2, 0) is 0 Å². The quantitative estimate of drug-likeness (QED) is 0.814. The second-order valence-electron chi connectivity index (χ2n) is 5.23. The van der Waals surface area contributed by atoms with Gasteiger partial charge in [0.2, 0.25) is 0 Å². The molecule has 1 aliphatic rings. The SMILES string of the molecule is Cc1cc(Br)cnc1N(C)C1CCCCC1C. The number of pyridine rings is 1. The molecule has 0 amide bonds. The Kier molecular flexibility index (Phi) is 4.08. The van der Waals surface area contributed by atoms with Gasteiger partial charge >= 0.3 is 0 Å². The molecule has 2 unspecified atom stereocenters. The maximum atomic E-state index is 4.57. The van der Waals surface area contributed by atoms with Crippen molar-refractivity contribution in [1.82, 2.24) is 4.98 Å². The lowest BCUT2D eigenvalue weighted by atomic mass is 9.85. The van der Waals surface area contributed by atoms with E-state index in [-0.39, 0.29) is 0 Å². The van der Waals surface area contributed by atoms with Gasteiger partial charge in [-0.3, -0.25) is 0 Å². The first-order valence-corrected chi connectivity index (χ1v) is 7.24. The molecule has 0 aromatic carbocycles. The maximum absolute atomic E-state index is 4.57. The molecule has 0 saturated heterocycles. The van der Waals surface area contributed by atoms with Crippen molar-refractivity contribution in [3.8, 4) is 0 Å². The van der Waals surface area contributed by atoms with E-state index in [1.54, 1.807) is 0 Å². The second-order valence-corrected chi connectivity index (χ2v) is 6.15. The van der Waals surface area contributed by atoms with Crippen molar-refractivity contribution in [3.05, 3.63) is 22.3 Å². The molecule has 1 heterocycles. The zero-order chi connectivity index (χ0) is 12.4. The molecule has 2 nitrogen and oxygen atoms in total. The van der Waals surface area contributed by atoms with Crippen LogP contribution in [-0.4, -0.2) is 18.1 Å². The van der Waals surface area contributed by atoms with Crippen molar-refractivity contribution < 1.29 is 0 Å². The van der Waals surface area contributed by atoms with E-state index in [1.165, 1.54) is 31.2 Å². The number of aryl methyl sites for hydroxylation is 1. The third-order valence-electron chi connectivity index (χ3n) is 3.92. The molecule has 0 spiro atoms. The standard InChI is InChI=1S/C14H21BrN2/c1-10-6-4-5-7-13(10)17(3)14-11(2)8-12(15)9-16-14/h8-10,13H,4-7H2,1-3H3. The van der Waals surface area contributed by atoms with Gasteiger partial charge in [-0.2, -0.15) is 0 Å². The fourth-order valence-corrected chi connectivity index (χ4v) is 3.38. The van der Waals surface area contributed by atoms with Crippen LogP contribution in [0.5, 0.6) is 0 Å². The summed E-state index contributed by atoms with van der Waals surface area (Å²) >= 11 is 3.47. The van der Waals surface area contributed by atoms with Gasteiger partial charge in [0.25, 0.3) is 0 Å². The van der Waals surface area contributed by atoms with Crippen molar-refractivity contribution in [2.45, 2.75) is 45.6 Å². The normalized spacial score (nSPS) is 24.7. The third kappa shape index (κ3) is 2.82. The summed E-state index contributed by atoms with van der Waals surface area (Å²) in [6.45, 7) is 4.51. The first-order chi connectivity index (χ1) is 8.09. The summed E-state index contributed by atoms with van der Waals surface area (Å²) in [5, 5.41) is 0. The van der Waals surface area contributed by atoms with E-state index in [0.717, 1.165) is 16.2 Å². The summed E-state index contributed by atoms with van der Waals surface area (Å²) in [4.78, 5) is 6.95. The van der Waals surface area contributed by atoms with Gasteiger partial charge in [-0.05, 0) is 53.2 Å². The highest BCUT2D eigenvalue weighted by Gasteiger charge is 2.26. The Morgan fingerprint density at radius 3 is 2.71 bits per heavy atom. The lowest BCUT2D eigenvalue weighted by Crippen LogP contribution is -2.39. The van der Waals surface area contributed by atoms with Crippen LogP contribution in [0.25, 0.3) is 0 Å². The fourth-order valence-electron chi connectivity index (χ4n) is 2.93. The number of nitrogens with zero attached hydrogens (tertiary/aromatic N) is 2. The predicted octanol–water partition coefficient (Wildman–Crippen LogP) is 4.17. The van der Waals surface area contributed by atoms with Crippen LogP contribution in [0.1, 0.15) is 38.2 Å². The summed E-state index contributed by atoms with van der Waals surface area (Å²) in [7, 11) is 2.19. The van der Waals surface area contributed by atoms with Gasteiger partial charge in [0.15, 0.2) is 0 Å². The summed E-state index contributed by atoms with van der Waals surface area (Å²) in [6, 6.07) is 2.79. The van der Waals surface area contributed by atoms with Gasteiger partial charge in [-0.25, -0.2) is 4.98 Å². The molecule has 2 rings (SSSR count). The Morgan fingerprint density at radius 1 is 1.35 bits per heavy atom. The van der Waals surface area contributed by atoms with Crippen molar-refractivity contribution in [2.24, 2.45) is 5.92 Å². The minimum Gasteiger partial charge on any atom is -0.356 e. The summed E-state index contributed by atoms with van der Waals surface area (Å²) < 4.78 is 1.06. The molecule has 1 aliphatic carbocycles. The van der Waals surface area contributed by atoms with Crippen LogP contribution in [0.15, 0.2) is 16.7 Å². The van der Waals surface area contributed by atoms with Crippen LogP contribution in [0.4, 0.5) is 5.82 Å². The number of aromatic nitrogens is 1.